The van der Waals surface area contributed by atoms with Crippen molar-refractivity contribution in [1.82, 2.24) is 15.1 Å². The van der Waals surface area contributed by atoms with Gasteiger partial charge in [-0.25, -0.2) is 4.39 Å². The Morgan fingerprint density at radius 1 is 0.933 bits per heavy atom. The monoisotopic (exact) mass is 399 g/mol. The van der Waals surface area contributed by atoms with Crippen LogP contribution in [0, 0.1) is 5.82 Å². The minimum Gasteiger partial charge on any atom is -0.352 e. The van der Waals surface area contributed by atoms with E-state index in [1.807, 2.05) is 35.1 Å². The molecule has 4 rings (SSSR count). The third-order valence-corrected chi connectivity index (χ3v) is 4.92. The van der Waals surface area contributed by atoms with Gasteiger partial charge in [0.1, 0.15) is 5.82 Å². The van der Waals surface area contributed by atoms with Gasteiger partial charge in [0.2, 0.25) is 5.91 Å². The first-order valence-corrected chi connectivity index (χ1v) is 9.83. The van der Waals surface area contributed by atoms with Crippen LogP contribution in [-0.2, 0) is 24.3 Å². The summed E-state index contributed by atoms with van der Waals surface area (Å²) >= 11 is 0. The highest BCUT2D eigenvalue weighted by atomic mass is 19.1. The van der Waals surface area contributed by atoms with Crippen LogP contribution < -0.4 is 5.32 Å². The molecule has 0 aliphatic rings. The molecule has 4 aromatic rings. The van der Waals surface area contributed by atoms with Gasteiger partial charge in [-0.2, -0.15) is 5.10 Å². The first-order valence-electron chi connectivity index (χ1n) is 9.83. The second-order valence-corrected chi connectivity index (χ2v) is 7.14. The SMILES string of the molecule is O=C(Cc1cccc(F)c1)NCc1ccccc1-c1ccc(Cn2cccn2)cc1. The number of aromatic nitrogens is 2. The third kappa shape index (κ3) is 5.00. The highest BCUT2D eigenvalue weighted by molar-refractivity contribution is 5.79. The molecule has 0 saturated carbocycles. The van der Waals surface area contributed by atoms with E-state index in [0.717, 1.165) is 23.2 Å². The van der Waals surface area contributed by atoms with E-state index >= 15 is 0 Å². The molecular weight excluding hydrogens is 377 g/mol. The van der Waals surface area contributed by atoms with Crippen LogP contribution in [0.2, 0.25) is 0 Å². The molecule has 0 saturated heterocycles. The van der Waals surface area contributed by atoms with Crippen molar-refractivity contribution in [3.63, 3.8) is 0 Å². The highest BCUT2D eigenvalue weighted by Gasteiger charge is 2.08. The van der Waals surface area contributed by atoms with E-state index in [9.17, 15) is 9.18 Å². The zero-order valence-electron chi connectivity index (χ0n) is 16.5. The van der Waals surface area contributed by atoms with Gasteiger partial charge in [0.25, 0.3) is 0 Å². The number of halogens is 1. The number of nitrogens with one attached hydrogen (secondary N) is 1. The summed E-state index contributed by atoms with van der Waals surface area (Å²) < 4.78 is 15.2. The number of amides is 1. The van der Waals surface area contributed by atoms with Gasteiger partial charge in [-0.05, 0) is 46.0 Å². The molecule has 1 heterocycles. The smallest absolute Gasteiger partial charge is 0.224 e. The Morgan fingerprint density at radius 2 is 1.77 bits per heavy atom. The van der Waals surface area contributed by atoms with Crippen molar-refractivity contribution in [3.05, 3.63) is 114 Å². The molecular formula is C25H22FN3O. The summed E-state index contributed by atoms with van der Waals surface area (Å²) in [7, 11) is 0. The summed E-state index contributed by atoms with van der Waals surface area (Å²) in [6, 6.07) is 24.4. The van der Waals surface area contributed by atoms with Crippen LogP contribution in [0.4, 0.5) is 4.39 Å². The Balaban J connectivity index is 1.42. The Hall–Kier alpha value is -3.73. The normalized spacial score (nSPS) is 10.7. The molecule has 1 N–H and O–H groups in total. The van der Waals surface area contributed by atoms with E-state index < -0.39 is 0 Å². The average Bonchev–Trinajstić information content (AvgIpc) is 3.26. The van der Waals surface area contributed by atoms with Crippen molar-refractivity contribution >= 4 is 5.91 Å². The van der Waals surface area contributed by atoms with Gasteiger partial charge >= 0.3 is 0 Å². The van der Waals surface area contributed by atoms with Crippen LogP contribution in [-0.4, -0.2) is 15.7 Å². The van der Waals surface area contributed by atoms with Crippen LogP contribution in [0.3, 0.4) is 0 Å². The Morgan fingerprint density at radius 3 is 2.53 bits per heavy atom. The van der Waals surface area contributed by atoms with Gasteiger partial charge in [0.05, 0.1) is 13.0 Å². The summed E-state index contributed by atoms with van der Waals surface area (Å²) in [4.78, 5) is 12.3. The summed E-state index contributed by atoms with van der Waals surface area (Å²) in [5.74, 6) is -0.466. The van der Waals surface area contributed by atoms with E-state index in [0.29, 0.717) is 12.1 Å². The number of hydrogen-bond donors (Lipinski definition) is 1. The fourth-order valence-corrected chi connectivity index (χ4v) is 3.42. The Kier molecular flexibility index (Phi) is 5.99. The van der Waals surface area contributed by atoms with E-state index in [1.165, 1.54) is 17.7 Å². The zero-order chi connectivity index (χ0) is 20.8. The molecule has 1 aromatic heterocycles. The molecule has 0 radical (unpaired) electrons. The van der Waals surface area contributed by atoms with Crippen molar-refractivity contribution in [1.29, 1.82) is 0 Å². The fraction of sp³-hybridized carbons (Fsp3) is 0.120. The molecule has 0 fully saturated rings. The Labute approximate surface area is 175 Å². The number of nitrogens with zero attached hydrogens (tertiary/aromatic N) is 2. The summed E-state index contributed by atoms with van der Waals surface area (Å²) in [5.41, 5.74) is 5.03. The second-order valence-electron chi connectivity index (χ2n) is 7.14. The molecule has 0 spiro atoms. The lowest BCUT2D eigenvalue weighted by molar-refractivity contribution is -0.120. The van der Waals surface area contributed by atoms with Crippen LogP contribution in [0.15, 0.2) is 91.3 Å². The maximum Gasteiger partial charge on any atom is 0.224 e. The summed E-state index contributed by atoms with van der Waals surface area (Å²) in [5, 5.41) is 7.18. The van der Waals surface area contributed by atoms with Crippen LogP contribution in [0.25, 0.3) is 11.1 Å². The van der Waals surface area contributed by atoms with Crippen LogP contribution >= 0.6 is 0 Å². The zero-order valence-corrected chi connectivity index (χ0v) is 16.5. The van der Waals surface area contributed by atoms with Gasteiger partial charge in [-0.3, -0.25) is 9.48 Å². The minimum absolute atomic E-state index is 0.134. The van der Waals surface area contributed by atoms with E-state index in [4.69, 9.17) is 0 Å². The summed E-state index contributed by atoms with van der Waals surface area (Å²) in [6.45, 7) is 1.14. The lowest BCUT2D eigenvalue weighted by Gasteiger charge is -2.12. The molecule has 30 heavy (non-hydrogen) atoms. The quantitative estimate of drug-likeness (QED) is 0.494. The molecule has 0 aliphatic carbocycles. The lowest BCUT2D eigenvalue weighted by Crippen LogP contribution is -2.24. The van der Waals surface area contributed by atoms with Crippen LogP contribution in [0.5, 0.6) is 0 Å². The van der Waals surface area contributed by atoms with E-state index in [1.54, 1.807) is 18.3 Å². The first kappa shape index (κ1) is 19.6. The number of rotatable bonds is 7. The lowest BCUT2D eigenvalue weighted by atomic mass is 9.98. The molecule has 3 aromatic carbocycles. The second kappa shape index (κ2) is 9.18. The van der Waals surface area contributed by atoms with Crippen molar-refractivity contribution < 1.29 is 9.18 Å². The standard InChI is InChI=1S/C25H22FN3O/c26-23-7-3-5-20(15-23)16-25(30)27-17-22-6-1-2-8-24(22)21-11-9-19(10-12-21)18-29-14-4-13-28-29/h1-15H,16-18H2,(H,27,30). The predicted octanol–water partition coefficient (Wildman–Crippen LogP) is 4.60. The molecule has 1 amide bonds. The number of hydrogen-bond acceptors (Lipinski definition) is 2. The maximum absolute atomic E-state index is 13.3. The maximum atomic E-state index is 13.3. The Bertz CT molecular complexity index is 1120. The average molecular weight is 399 g/mol. The number of benzene rings is 3. The van der Waals surface area contributed by atoms with Gasteiger partial charge in [-0.15, -0.1) is 0 Å². The van der Waals surface area contributed by atoms with Crippen molar-refractivity contribution in [2.75, 3.05) is 0 Å². The van der Waals surface area contributed by atoms with E-state index in [-0.39, 0.29) is 18.1 Å². The molecule has 0 atom stereocenters. The first-order chi connectivity index (χ1) is 14.7. The topological polar surface area (TPSA) is 46.9 Å². The fourth-order valence-electron chi connectivity index (χ4n) is 3.42. The largest absolute Gasteiger partial charge is 0.352 e. The van der Waals surface area contributed by atoms with Gasteiger partial charge in [-0.1, -0.05) is 60.7 Å². The van der Waals surface area contributed by atoms with Crippen molar-refractivity contribution in [3.8, 4) is 11.1 Å². The summed E-state index contributed by atoms with van der Waals surface area (Å²) in [6.07, 6.45) is 3.87. The van der Waals surface area contributed by atoms with Crippen LogP contribution in [0.1, 0.15) is 16.7 Å². The molecule has 0 aliphatic heterocycles. The number of carbonyl (C=O) groups is 1. The van der Waals surface area contributed by atoms with Crippen molar-refractivity contribution in [2.45, 2.75) is 19.5 Å². The molecule has 4 nitrogen and oxygen atoms in total. The highest BCUT2D eigenvalue weighted by Crippen LogP contribution is 2.24. The molecule has 0 bridgehead atoms. The van der Waals surface area contributed by atoms with Gasteiger partial charge in [0.15, 0.2) is 0 Å². The molecule has 0 unspecified atom stereocenters. The predicted molar refractivity (Wildman–Crippen MR) is 115 cm³/mol. The van der Waals surface area contributed by atoms with Gasteiger partial charge in [0, 0.05) is 18.9 Å². The van der Waals surface area contributed by atoms with E-state index in [2.05, 4.69) is 40.7 Å². The number of carbonyl (C=O) groups excluding carboxylic acids is 1. The third-order valence-electron chi connectivity index (χ3n) is 4.92. The molecule has 5 heteroatoms. The molecule has 150 valence electrons. The van der Waals surface area contributed by atoms with Crippen molar-refractivity contribution in [2.24, 2.45) is 0 Å². The van der Waals surface area contributed by atoms with Gasteiger partial charge < -0.3 is 5.32 Å². The minimum atomic E-state index is -0.332.